The molecule has 3 aromatic rings. The number of aromatic amines is 1. The SMILES string of the molecule is C(=C\c1cccs1)/c1nc2ccc(C3=NCCN3)cc2[nH]1.Cl. The number of imidazole rings is 1. The summed E-state index contributed by atoms with van der Waals surface area (Å²) in [5.41, 5.74) is 3.12. The number of H-pyrrole nitrogens is 1. The summed E-state index contributed by atoms with van der Waals surface area (Å²) >= 11 is 1.72. The largest absolute Gasteiger partial charge is 0.368 e. The number of fused-ring (bicyclic) bond motifs is 1. The van der Waals surface area contributed by atoms with Crippen molar-refractivity contribution >= 4 is 52.8 Å². The predicted octanol–water partition coefficient (Wildman–Crippen LogP) is 3.57. The van der Waals surface area contributed by atoms with Crippen LogP contribution in [0.15, 0.2) is 40.7 Å². The highest BCUT2D eigenvalue weighted by Crippen LogP contribution is 2.17. The number of rotatable bonds is 3. The lowest BCUT2D eigenvalue weighted by Crippen LogP contribution is -2.19. The Labute approximate surface area is 138 Å². The van der Waals surface area contributed by atoms with Gasteiger partial charge < -0.3 is 10.3 Å². The highest BCUT2D eigenvalue weighted by Gasteiger charge is 2.09. The van der Waals surface area contributed by atoms with Gasteiger partial charge in [0.2, 0.25) is 0 Å². The van der Waals surface area contributed by atoms with E-state index in [0.29, 0.717) is 0 Å². The minimum absolute atomic E-state index is 0. The van der Waals surface area contributed by atoms with E-state index in [2.05, 4.69) is 49.9 Å². The molecule has 1 aromatic carbocycles. The fraction of sp³-hybridized carbons (Fsp3) is 0.125. The van der Waals surface area contributed by atoms with Crippen molar-refractivity contribution in [1.29, 1.82) is 0 Å². The number of halogens is 1. The fourth-order valence-electron chi connectivity index (χ4n) is 2.39. The summed E-state index contributed by atoms with van der Waals surface area (Å²) in [5, 5.41) is 5.36. The van der Waals surface area contributed by atoms with Gasteiger partial charge in [-0.1, -0.05) is 6.07 Å². The van der Waals surface area contributed by atoms with Crippen molar-refractivity contribution in [2.24, 2.45) is 4.99 Å². The smallest absolute Gasteiger partial charge is 0.131 e. The van der Waals surface area contributed by atoms with Crippen molar-refractivity contribution in [2.45, 2.75) is 0 Å². The molecule has 0 unspecified atom stereocenters. The first-order chi connectivity index (χ1) is 10.4. The number of hydrogen-bond donors (Lipinski definition) is 2. The Kier molecular flexibility index (Phi) is 4.27. The molecule has 1 aliphatic rings. The number of nitrogens with zero attached hydrogens (tertiary/aromatic N) is 2. The van der Waals surface area contributed by atoms with Gasteiger partial charge in [0.1, 0.15) is 11.7 Å². The second-order valence-corrected chi connectivity index (χ2v) is 5.84. The Hall–Kier alpha value is -2.11. The molecule has 0 radical (unpaired) electrons. The average molecular weight is 331 g/mol. The van der Waals surface area contributed by atoms with Gasteiger partial charge in [-0.15, -0.1) is 23.7 Å². The lowest BCUT2D eigenvalue weighted by atomic mass is 10.2. The number of benzene rings is 1. The minimum atomic E-state index is 0. The molecule has 0 amide bonds. The molecule has 2 N–H and O–H groups in total. The summed E-state index contributed by atoms with van der Waals surface area (Å²) in [4.78, 5) is 13.6. The maximum atomic E-state index is 4.58. The van der Waals surface area contributed by atoms with Gasteiger partial charge in [0.15, 0.2) is 0 Å². The van der Waals surface area contributed by atoms with Crippen molar-refractivity contribution in [3.8, 4) is 0 Å². The standard InChI is InChI=1S/C16H14N4S.ClH/c1-2-12(21-9-1)4-6-15-19-13-5-3-11(10-14(13)20-15)16-17-7-8-18-16;/h1-6,9-10H,7-8H2,(H,17,18)(H,19,20);1H/b6-4+;. The number of aliphatic imine (C=N–C) groups is 1. The van der Waals surface area contributed by atoms with Gasteiger partial charge in [-0.05, 0) is 41.8 Å². The third-order valence-electron chi connectivity index (χ3n) is 3.40. The zero-order chi connectivity index (χ0) is 14.1. The Morgan fingerprint density at radius 3 is 2.91 bits per heavy atom. The van der Waals surface area contributed by atoms with Gasteiger partial charge in [0.05, 0.1) is 17.6 Å². The molecule has 0 saturated carbocycles. The van der Waals surface area contributed by atoms with E-state index in [4.69, 9.17) is 0 Å². The van der Waals surface area contributed by atoms with Crippen LogP contribution in [-0.2, 0) is 0 Å². The quantitative estimate of drug-likeness (QED) is 0.771. The van der Waals surface area contributed by atoms with Gasteiger partial charge in [0.25, 0.3) is 0 Å². The molecule has 3 heterocycles. The van der Waals surface area contributed by atoms with Crippen molar-refractivity contribution in [1.82, 2.24) is 15.3 Å². The van der Waals surface area contributed by atoms with Gasteiger partial charge in [0, 0.05) is 17.0 Å². The lowest BCUT2D eigenvalue weighted by molar-refractivity contribution is 0.960. The molecule has 2 aromatic heterocycles. The van der Waals surface area contributed by atoms with Crippen LogP contribution in [0.5, 0.6) is 0 Å². The van der Waals surface area contributed by atoms with E-state index in [0.717, 1.165) is 41.3 Å². The summed E-state index contributed by atoms with van der Waals surface area (Å²) in [6.07, 6.45) is 4.09. The van der Waals surface area contributed by atoms with E-state index < -0.39 is 0 Å². The van der Waals surface area contributed by atoms with Crippen LogP contribution >= 0.6 is 23.7 Å². The molecule has 4 rings (SSSR count). The molecule has 0 aliphatic carbocycles. The maximum Gasteiger partial charge on any atom is 0.131 e. The molecule has 0 atom stereocenters. The van der Waals surface area contributed by atoms with Gasteiger partial charge >= 0.3 is 0 Å². The Morgan fingerprint density at radius 2 is 2.14 bits per heavy atom. The van der Waals surface area contributed by atoms with Crippen LogP contribution in [0.3, 0.4) is 0 Å². The molecule has 4 nitrogen and oxygen atoms in total. The fourth-order valence-corrected chi connectivity index (χ4v) is 3.01. The average Bonchev–Trinajstić information content (AvgIpc) is 3.24. The summed E-state index contributed by atoms with van der Waals surface area (Å²) < 4.78 is 0. The summed E-state index contributed by atoms with van der Waals surface area (Å²) in [6.45, 7) is 1.77. The van der Waals surface area contributed by atoms with E-state index in [1.54, 1.807) is 11.3 Å². The first kappa shape index (κ1) is 14.8. The number of aromatic nitrogens is 2. The molecule has 6 heteroatoms. The second-order valence-electron chi connectivity index (χ2n) is 4.86. The van der Waals surface area contributed by atoms with Gasteiger partial charge in [-0.25, -0.2) is 4.98 Å². The van der Waals surface area contributed by atoms with Crippen molar-refractivity contribution in [3.05, 3.63) is 52.0 Å². The molecule has 0 fully saturated rings. The van der Waals surface area contributed by atoms with E-state index in [9.17, 15) is 0 Å². The highest BCUT2D eigenvalue weighted by molar-refractivity contribution is 7.10. The predicted molar refractivity (Wildman–Crippen MR) is 96.0 cm³/mol. The number of amidine groups is 1. The second kappa shape index (κ2) is 6.34. The number of thiophene rings is 1. The monoisotopic (exact) mass is 330 g/mol. The van der Waals surface area contributed by atoms with E-state index >= 15 is 0 Å². The van der Waals surface area contributed by atoms with Crippen LogP contribution in [-0.4, -0.2) is 28.9 Å². The zero-order valence-corrected chi connectivity index (χ0v) is 13.4. The van der Waals surface area contributed by atoms with Crippen LogP contribution in [0.4, 0.5) is 0 Å². The third-order valence-corrected chi connectivity index (χ3v) is 4.23. The molecule has 0 bridgehead atoms. The molecular weight excluding hydrogens is 316 g/mol. The van der Waals surface area contributed by atoms with E-state index in [-0.39, 0.29) is 12.4 Å². The number of nitrogens with one attached hydrogen (secondary N) is 2. The van der Waals surface area contributed by atoms with Crippen LogP contribution in [0, 0.1) is 0 Å². The maximum absolute atomic E-state index is 4.58. The Bertz CT molecular complexity index is 833. The van der Waals surface area contributed by atoms with Crippen LogP contribution < -0.4 is 5.32 Å². The molecule has 22 heavy (non-hydrogen) atoms. The van der Waals surface area contributed by atoms with Crippen LogP contribution in [0.25, 0.3) is 23.2 Å². The van der Waals surface area contributed by atoms with Crippen molar-refractivity contribution < 1.29 is 0 Å². The minimum Gasteiger partial charge on any atom is -0.368 e. The topological polar surface area (TPSA) is 53.1 Å². The normalized spacial score (nSPS) is 14.1. The Morgan fingerprint density at radius 1 is 1.18 bits per heavy atom. The first-order valence-electron chi connectivity index (χ1n) is 6.88. The molecule has 0 saturated heterocycles. The van der Waals surface area contributed by atoms with Crippen molar-refractivity contribution in [3.63, 3.8) is 0 Å². The Balaban J connectivity index is 0.00000144. The van der Waals surface area contributed by atoms with Crippen LogP contribution in [0.1, 0.15) is 16.3 Å². The summed E-state index contributed by atoms with van der Waals surface area (Å²) in [5.74, 6) is 1.85. The summed E-state index contributed by atoms with van der Waals surface area (Å²) in [7, 11) is 0. The molecule has 1 aliphatic heterocycles. The molecule has 0 spiro atoms. The van der Waals surface area contributed by atoms with Crippen molar-refractivity contribution in [2.75, 3.05) is 13.1 Å². The molecular formula is C16H15ClN4S. The van der Waals surface area contributed by atoms with Gasteiger partial charge in [-0.3, -0.25) is 4.99 Å². The highest BCUT2D eigenvalue weighted by atomic mass is 35.5. The van der Waals surface area contributed by atoms with E-state index in [1.807, 2.05) is 18.2 Å². The number of hydrogen-bond acceptors (Lipinski definition) is 4. The van der Waals surface area contributed by atoms with Crippen LogP contribution in [0.2, 0.25) is 0 Å². The summed E-state index contributed by atoms with van der Waals surface area (Å²) in [6, 6.07) is 10.3. The van der Waals surface area contributed by atoms with Gasteiger partial charge in [-0.2, -0.15) is 0 Å². The first-order valence-corrected chi connectivity index (χ1v) is 7.76. The third kappa shape index (κ3) is 2.91. The molecule has 112 valence electrons. The lowest BCUT2D eigenvalue weighted by Gasteiger charge is -2.01. The zero-order valence-electron chi connectivity index (χ0n) is 11.7. The van der Waals surface area contributed by atoms with E-state index in [1.165, 1.54) is 4.88 Å².